The van der Waals surface area contributed by atoms with Crippen LogP contribution in [0.5, 0.6) is 11.5 Å². The summed E-state index contributed by atoms with van der Waals surface area (Å²) in [6, 6.07) is 6.35. The highest BCUT2D eigenvalue weighted by atomic mass is 79.9. The van der Waals surface area contributed by atoms with Gasteiger partial charge < -0.3 is 25.0 Å². The Balaban J connectivity index is 1.44. The van der Waals surface area contributed by atoms with Gasteiger partial charge in [-0.2, -0.15) is 4.98 Å². The zero-order valence-electron chi connectivity index (χ0n) is 18.2. The molecule has 1 saturated carbocycles. The summed E-state index contributed by atoms with van der Waals surface area (Å²) in [4.78, 5) is 10.9. The topological polar surface area (TPSA) is 71.5 Å². The maximum absolute atomic E-state index is 5.52. The molecule has 7 nitrogen and oxygen atoms in total. The largest absolute Gasteiger partial charge is 0.496 e. The average molecular weight is 478 g/mol. The molecule has 0 bridgehead atoms. The van der Waals surface area contributed by atoms with E-state index >= 15 is 0 Å². The maximum atomic E-state index is 5.52. The van der Waals surface area contributed by atoms with Gasteiger partial charge in [-0.1, -0.05) is 0 Å². The normalized spacial score (nSPS) is 18.7. The van der Waals surface area contributed by atoms with Crippen LogP contribution >= 0.6 is 15.9 Å². The number of halogens is 1. The van der Waals surface area contributed by atoms with E-state index in [4.69, 9.17) is 9.47 Å². The molecule has 8 heteroatoms. The van der Waals surface area contributed by atoms with Gasteiger partial charge in [-0.15, -0.1) is 0 Å². The lowest BCUT2D eigenvalue weighted by atomic mass is 9.86. The molecule has 1 fully saturated rings. The number of nitrogens with zero attached hydrogens (tertiary/aromatic N) is 3. The zero-order valence-corrected chi connectivity index (χ0v) is 19.8. The summed E-state index contributed by atoms with van der Waals surface area (Å²) in [5.74, 6) is 3.95. The minimum atomic E-state index is 0.441. The van der Waals surface area contributed by atoms with Gasteiger partial charge in [0.2, 0.25) is 5.95 Å². The second-order valence-electron chi connectivity index (χ2n) is 7.92. The van der Waals surface area contributed by atoms with Crippen molar-refractivity contribution < 1.29 is 9.47 Å². The predicted molar refractivity (Wildman–Crippen MR) is 125 cm³/mol. The zero-order chi connectivity index (χ0) is 21.5. The standard InChI is InChI=1S/C22H32BrN5O2/c1-28(2)21-9-10-25-22(27-21)26-17-7-5-15(6-8-17)13-24-14-16-11-18(23)20(30-4)12-19(16)29-3/h9-12,15,17,24H,5-8,13-14H2,1-4H3,(H,25,26,27)/t15-,17+. The Morgan fingerprint density at radius 1 is 1.10 bits per heavy atom. The number of aromatic nitrogens is 2. The lowest BCUT2D eigenvalue weighted by molar-refractivity contribution is 0.322. The molecular formula is C22H32BrN5O2. The fourth-order valence-corrected chi connectivity index (χ4v) is 4.39. The third-order valence-corrected chi connectivity index (χ3v) is 6.20. The number of ether oxygens (including phenoxy) is 2. The van der Waals surface area contributed by atoms with E-state index in [0.29, 0.717) is 12.0 Å². The van der Waals surface area contributed by atoms with E-state index in [1.54, 1.807) is 14.2 Å². The first kappa shape index (κ1) is 22.6. The smallest absolute Gasteiger partial charge is 0.224 e. The van der Waals surface area contributed by atoms with E-state index in [1.165, 1.54) is 12.8 Å². The molecule has 0 unspecified atom stereocenters. The van der Waals surface area contributed by atoms with Gasteiger partial charge >= 0.3 is 0 Å². The van der Waals surface area contributed by atoms with Crippen LogP contribution in [0.1, 0.15) is 31.2 Å². The van der Waals surface area contributed by atoms with Gasteiger partial charge in [0, 0.05) is 44.5 Å². The van der Waals surface area contributed by atoms with Crippen molar-refractivity contribution in [1.29, 1.82) is 0 Å². The van der Waals surface area contributed by atoms with Crippen LogP contribution in [0.2, 0.25) is 0 Å². The molecule has 0 spiro atoms. The van der Waals surface area contributed by atoms with Gasteiger partial charge in [-0.3, -0.25) is 0 Å². The van der Waals surface area contributed by atoms with Gasteiger partial charge in [0.25, 0.3) is 0 Å². The van der Waals surface area contributed by atoms with Crippen LogP contribution in [0.3, 0.4) is 0 Å². The fourth-order valence-electron chi connectivity index (χ4n) is 3.83. The van der Waals surface area contributed by atoms with Crippen molar-refractivity contribution in [2.75, 3.05) is 45.1 Å². The van der Waals surface area contributed by atoms with Gasteiger partial charge in [-0.25, -0.2) is 4.98 Å². The van der Waals surface area contributed by atoms with Gasteiger partial charge in [0.05, 0.1) is 18.7 Å². The number of nitrogens with one attached hydrogen (secondary N) is 2. The van der Waals surface area contributed by atoms with Crippen LogP contribution in [0.15, 0.2) is 28.9 Å². The van der Waals surface area contributed by atoms with Crippen molar-refractivity contribution in [2.24, 2.45) is 5.92 Å². The molecule has 0 atom stereocenters. The van der Waals surface area contributed by atoms with Crippen molar-refractivity contribution in [2.45, 2.75) is 38.3 Å². The van der Waals surface area contributed by atoms with Crippen molar-refractivity contribution >= 4 is 27.7 Å². The third kappa shape index (κ3) is 5.98. The van der Waals surface area contributed by atoms with E-state index in [1.807, 2.05) is 37.3 Å². The van der Waals surface area contributed by atoms with E-state index in [2.05, 4.69) is 42.6 Å². The average Bonchev–Trinajstić information content (AvgIpc) is 2.75. The molecule has 0 amide bonds. The Labute approximate surface area is 187 Å². The van der Waals surface area contributed by atoms with Crippen LogP contribution in [-0.4, -0.2) is 50.9 Å². The lowest BCUT2D eigenvalue weighted by Gasteiger charge is -2.29. The highest BCUT2D eigenvalue weighted by molar-refractivity contribution is 9.10. The van der Waals surface area contributed by atoms with Gasteiger partial charge in [0.15, 0.2) is 0 Å². The number of hydrogen-bond acceptors (Lipinski definition) is 7. The monoisotopic (exact) mass is 477 g/mol. The molecule has 1 aromatic heterocycles. The summed E-state index contributed by atoms with van der Waals surface area (Å²) in [6.07, 6.45) is 6.48. The molecule has 1 heterocycles. The van der Waals surface area contributed by atoms with E-state index < -0.39 is 0 Å². The molecule has 1 aromatic carbocycles. The fraction of sp³-hybridized carbons (Fsp3) is 0.545. The molecule has 0 radical (unpaired) electrons. The molecule has 2 aromatic rings. The quantitative estimate of drug-likeness (QED) is 0.563. The van der Waals surface area contributed by atoms with Crippen LogP contribution < -0.4 is 25.0 Å². The van der Waals surface area contributed by atoms with Crippen LogP contribution in [0.4, 0.5) is 11.8 Å². The predicted octanol–water partition coefficient (Wildman–Crippen LogP) is 4.08. The van der Waals surface area contributed by atoms with E-state index in [0.717, 1.165) is 59.2 Å². The van der Waals surface area contributed by atoms with E-state index in [9.17, 15) is 0 Å². The van der Waals surface area contributed by atoms with Crippen LogP contribution in [0.25, 0.3) is 0 Å². The molecule has 164 valence electrons. The van der Waals surface area contributed by atoms with Crippen molar-refractivity contribution in [3.8, 4) is 11.5 Å². The number of anilines is 2. The number of benzene rings is 1. The summed E-state index contributed by atoms with van der Waals surface area (Å²) >= 11 is 3.56. The molecule has 1 aliphatic carbocycles. The molecule has 3 rings (SSSR count). The second kappa shape index (κ2) is 10.8. The molecule has 2 N–H and O–H groups in total. The van der Waals surface area contributed by atoms with Crippen molar-refractivity contribution in [1.82, 2.24) is 15.3 Å². The minimum Gasteiger partial charge on any atom is -0.496 e. The molecule has 0 saturated heterocycles. The van der Waals surface area contributed by atoms with Gasteiger partial charge in [0.1, 0.15) is 17.3 Å². The Morgan fingerprint density at radius 3 is 2.50 bits per heavy atom. The first-order chi connectivity index (χ1) is 14.5. The molecule has 30 heavy (non-hydrogen) atoms. The summed E-state index contributed by atoms with van der Waals surface area (Å²) in [5.41, 5.74) is 1.12. The Morgan fingerprint density at radius 2 is 1.83 bits per heavy atom. The Hall–Kier alpha value is -2.06. The Bertz CT molecular complexity index is 825. The van der Waals surface area contributed by atoms with Crippen LogP contribution in [0, 0.1) is 5.92 Å². The summed E-state index contributed by atoms with van der Waals surface area (Å²) in [6.45, 7) is 1.78. The maximum Gasteiger partial charge on any atom is 0.224 e. The minimum absolute atomic E-state index is 0.441. The number of rotatable bonds is 9. The third-order valence-electron chi connectivity index (χ3n) is 5.58. The number of methoxy groups -OCH3 is 2. The van der Waals surface area contributed by atoms with Crippen molar-refractivity contribution in [3.05, 3.63) is 34.4 Å². The molecule has 0 aliphatic heterocycles. The summed E-state index contributed by atoms with van der Waals surface area (Å²) < 4.78 is 11.8. The first-order valence-electron chi connectivity index (χ1n) is 10.4. The van der Waals surface area contributed by atoms with E-state index in [-0.39, 0.29) is 0 Å². The van der Waals surface area contributed by atoms with Gasteiger partial charge in [-0.05, 0) is 66.2 Å². The summed E-state index contributed by atoms with van der Waals surface area (Å²) in [7, 11) is 7.33. The molecule has 1 aliphatic rings. The highest BCUT2D eigenvalue weighted by Gasteiger charge is 2.22. The molecular weight excluding hydrogens is 446 g/mol. The summed E-state index contributed by atoms with van der Waals surface area (Å²) in [5, 5.41) is 7.11. The first-order valence-corrected chi connectivity index (χ1v) is 11.2. The highest BCUT2D eigenvalue weighted by Crippen LogP contribution is 2.33. The van der Waals surface area contributed by atoms with Crippen LogP contribution in [-0.2, 0) is 6.54 Å². The SMILES string of the molecule is COc1cc(OC)c(CNC[C@H]2CC[C@@H](Nc3nccc(N(C)C)n3)CC2)cc1Br. The van der Waals surface area contributed by atoms with Crippen molar-refractivity contribution in [3.63, 3.8) is 0 Å². The lowest BCUT2D eigenvalue weighted by Crippen LogP contribution is -2.31. The second-order valence-corrected chi connectivity index (χ2v) is 8.78. The number of hydrogen-bond donors (Lipinski definition) is 2. The Kier molecular flexibility index (Phi) is 8.16.